The molecule has 0 radical (unpaired) electrons. The van der Waals surface area contributed by atoms with Gasteiger partial charge >= 0.3 is 5.97 Å². The molecule has 152 valence electrons. The molecule has 1 aliphatic heterocycles. The van der Waals surface area contributed by atoms with Gasteiger partial charge in [0.1, 0.15) is 6.10 Å². The summed E-state index contributed by atoms with van der Waals surface area (Å²) >= 11 is 0. The molecule has 0 aromatic rings. The van der Waals surface area contributed by atoms with Crippen molar-refractivity contribution >= 4 is 5.97 Å². The second-order valence-corrected chi connectivity index (χ2v) is 10.6. The molecule has 4 heteroatoms. The summed E-state index contributed by atoms with van der Waals surface area (Å²) in [5, 5.41) is 0. The van der Waals surface area contributed by atoms with Crippen LogP contribution < -0.4 is 0 Å². The van der Waals surface area contributed by atoms with Crippen LogP contribution >= 0.6 is 0 Å². The largest absolute Gasteiger partial charge is 0.463 e. The van der Waals surface area contributed by atoms with E-state index in [1.807, 2.05) is 0 Å². The Morgan fingerprint density at radius 1 is 0.926 bits per heavy atom. The first kappa shape index (κ1) is 18.4. The van der Waals surface area contributed by atoms with Gasteiger partial charge < -0.3 is 14.2 Å². The van der Waals surface area contributed by atoms with Crippen molar-refractivity contribution in [3.05, 3.63) is 0 Å². The molecule has 27 heavy (non-hydrogen) atoms. The molecule has 5 rings (SSSR count). The summed E-state index contributed by atoms with van der Waals surface area (Å²) in [4.78, 5) is 11.4. The highest BCUT2D eigenvalue weighted by atomic mass is 16.7. The van der Waals surface area contributed by atoms with E-state index in [0.29, 0.717) is 5.41 Å². The summed E-state index contributed by atoms with van der Waals surface area (Å²) in [6, 6.07) is 0. The molecule has 4 saturated carbocycles. The predicted molar refractivity (Wildman–Crippen MR) is 102 cm³/mol. The topological polar surface area (TPSA) is 44.8 Å². The number of carbonyl (C=O) groups is 1. The Morgan fingerprint density at radius 3 is 2.41 bits per heavy atom. The number of hydrogen-bond donors (Lipinski definition) is 0. The van der Waals surface area contributed by atoms with Crippen molar-refractivity contribution in [1.82, 2.24) is 0 Å². The Balaban J connectivity index is 1.37. The van der Waals surface area contributed by atoms with E-state index < -0.39 is 0 Å². The van der Waals surface area contributed by atoms with Gasteiger partial charge in [0.05, 0.1) is 13.2 Å². The number of esters is 1. The van der Waals surface area contributed by atoms with Crippen LogP contribution in [0.15, 0.2) is 0 Å². The highest BCUT2D eigenvalue weighted by Gasteiger charge is 2.67. The summed E-state index contributed by atoms with van der Waals surface area (Å²) < 4.78 is 18.1. The Bertz CT molecular complexity index is 611. The van der Waals surface area contributed by atoms with Gasteiger partial charge in [-0.05, 0) is 80.5 Å². The van der Waals surface area contributed by atoms with Gasteiger partial charge in [-0.25, -0.2) is 0 Å². The molecule has 0 aromatic carbocycles. The van der Waals surface area contributed by atoms with E-state index in [-0.39, 0.29) is 23.3 Å². The molecule has 7 atom stereocenters. The molecule has 4 aliphatic carbocycles. The number of rotatable bonds is 1. The lowest BCUT2D eigenvalue weighted by Crippen LogP contribution is -2.57. The van der Waals surface area contributed by atoms with Crippen LogP contribution in [0.1, 0.15) is 78.6 Å². The lowest BCUT2D eigenvalue weighted by atomic mass is 9.45. The van der Waals surface area contributed by atoms with Gasteiger partial charge in [-0.1, -0.05) is 13.8 Å². The van der Waals surface area contributed by atoms with Crippen LogP contribution in [-0.4, -0.2) is 31.1 Å². The third-order valence-electron chi connectivity index (χ3n) is 9.75. The third-order valence-corrected chi connectivity index (χ3v) is 9.75. The lowest BCUT2D eigenvalue weighted by molar-refractivity contribution is -0.248. The molecular formula is C23H36O4. The van der Waals surface area contributed by atoms with Gasteiger partial charge in [0, 0.05) is 18.8 Å². The fourth-order valence-corrected chi connectivity index (χ4v) is 8.45. The smallest absolute Gasteiger partial charge is 0.302 e. The number of carbonyl (C=O) groups excluding carboxylic acids is 1. The minimum absolute atomic E-state index is 0.112. The molecular weight excluding hydrogens is 340 g/mol. The van der Waals surface area contributed by atoms with E-state index in [9.17, 15) is 4.79 Å². The molecule has 1 heterocycles. The second kappa shape index (κ2) is 6.19. The predicted octanol–water partition coefficient (Wildman–Crippen LogP) is 4.70. The molecule has 0 bridgehead atoms. The van der Waals surface area contributed by atoms with Crippen molar-refractivity contribution in [2.45, 2.75) is 90.4 Å². The maximum absolute atomic E-state index is 11.4. The molecule has 5 aliphatic rings. The summed E-state index contributed by atoms with van der Waals surface area (Å²) in [6.45, 7) is 8.13. The van der Waals surface area contributed by atoms with Crippen molar-refractivity contribution in [3.8, 4) is 0 Å². The minimum Gasteiger partial charge on any atom is -0.463 e. The first-order valence-corrected chi connectivity index (χ1v) is 11.3. The zero-order valence-corrected chi connectivity index (χ0v) is 17.3. The van der Waals surface area contributed by atoms with Crippen LogP contribution in [0.25, 0.3) is 0 Å². The first-order chi connectivity index (χ1) is 12.9. The van der Waals surface area contributed by atoms with E-state index >= 15 is 0 Å². The van der Waals surface area contributed by atoms with Crippen molar-refractivity contribution in [3.63, 3.8) is 0 Å². The second-order valence-electron chi connectivity index (χ2n) is 10.6. The van der Waals surface area contributed by atoms with E-state index in [1.165, 1.54) is 38.5 Å². The van der Waals surface area contributed by atoms with Crippen LogP contribution in [0, 0.1) is 34.5 Å². The summed E-state index contributed by atoms with van der Waals surface area (Å²) in [6.07, 6.45) is 11.1. The highest BCUT2D eigenvalue weighted by Crippen LogP contribution is 2.69. The fourth-order valence-electron chi connectivity index (χ4n) is 8.45. The zero-order chi connectivity index (χ0) is 18.9. The van der Waals surface area contributed by atoms with Crippen LogP contribution in [-0.2, 0) is 19.0 Å². The maximum atomic E-state index is 11.4. The molecule has 5 fully saturated rings. The Kier molecular flexibility index (Phi) is 4.22. The Morgan fingerprint density at radius 2 is 1.67 bits per heavy atom. The Hall–Kier alpha value is -0.610. The third kappa shape index (κ3) is 2.51. The first-order valence-electron chi connectivity index (χ1n) is 11.3. The van der Waals surface area contributed by atoms with E-state index in [1.54, 1.807) is 6.92 Å². The van der Waals surface area contributed by atoms with E-state index in [2.05, 4.69) is 13.8 Å². The molecule has 0 N–H and O–H groups in total. The van der Waals surface area contributed by atoms with Gasteiger partial charge in [0.15, 0.2) is 5.79 Å². The quantitative estimate of drug-likeness (QED) is 0.622. The number of hydrogen-bond acceptors (Lipinski definition) is 4. The number of ether oxygens (including phenoxy) is 3. The van der Waals surface area contributed by atoms with Crippen molar-refractivity contribution in [2.75, 3.05) is 13.2 Å². The normalized spacial score (nSPS) is 50.7. The monoisotopic (exact) mass is 376 g/mol. The van der Waals surface area contributed by atoms with Crippen LogP contribution in [0.2, 0.25) is 0 Å². The van der Waals surface area contributed by atoms with Gasteiger partial charge in [-0.3, -0.25) is 4.79 Å². The molecule has 0 unspecified atom stereocenters. The molecule has 4 nitrogen and oxygen atoms in total. The van der Waals surface area contributed by atoms with E-state index in [0.717, 1.165) is 56.1 Å². The van der Waals surface area contributed by atoms with Crippen LogP contribution in [0.4, 0.5) is 0 Å². The molecule has 1 spiro atoms. The van der Waals surface area contributed by atoms with Crippen LogP contribution in [0.3, 0.4) is 0 Å². The van der Waals surface area contributed by atoms with Crippen molar-refractivity contribution < 1.29 is 19.0 Å². The summed E-state index contributed by atoms with van der Waals surface area (Å²) in [7, 11) is 0. The summed E-state index contributed by atoms with van der Waals surface area (Å²) in [5.41, 5.74) is 0.622. The van der Waals surface area contributed by atoms with Gasteiger partial charge in [0.2, 0.25) is 0 Å². The average molecular weight is 377 g/mol. The van der Waals surface area contributed by atoms with Crippen molar-refractivity contribution in [2.24, 2.45) is 34.5 Å². The lowest BCUT2D eigenvalue weighted by Gasteiger charge is -2.61. The van der Waals surface area contributed by atoms with Gasteiger partial charge in [0.25, 0.3) is 0 Å². The van der Waals surface area contributed by atoms with Gasteiger partial charge in [-0.2, -0.15) is 0 Å². The van der Waals surface area contributed by atoms with Crippen molar-refractivity contribution in [1.29, 1.82) is 0 Å². The fraction of sp³-hybridized carbons (Fsp3) is 0.957. The number of fused-ring (bicyclic) bond motifs is 6. The summed E-state index contributed by atoms with van der Waals surface area (Å²) in [5.74, 6) is 2.71. The minimum atomic E-state index is -0.284. The SMILES string of the molecule is CC(=O)O[C@H]1CC[C@@]2(C)[C@@H](CC[C@H]3[C@H]2CC[C@]2(C)[C@@H]3CCC23OCCO3)C1. The Labute approximate surface area is 163 Å². The molecule has 0 amide bonds. The highest BCUT2D eigenvalue weighted by molar-refractivity contribution is 5.66. The molecule has 1 saturated heterocycles. The van der Waals surface area contributed by atoms with E-state index in [4.69, 9.17) is 14.2 Å². The maximum Gasteiger partial charge on any atom is 0.302 e. The van der Waals surface area contributed by atoms with Gasteiger partial charge in [-0.15, -0.1) is 0 Å². The zero-order valence-electron chi connectivity index (χ0n) is 17.3. The van der Waals surface area contributed by atoms with Crippen LogP contribution in [0.5, 0.6) is 0 Å². The standard InChI is InChI=1S/C23H36O4/c1-15(24)27-17-6-9-21(2)16(14-17)4-5-18-19(21)7-10-22(3)20(18)8-11-23(22)25-12-13-26-23/h16-20H,4-14H2,1-3H3/t16-,17-,18-,19+,20+,21-,22+/m0/s1. The molecule has 0 aromatic heterocycles. The average Bonchev–Trinajstić information content (AvgIpc) is 3.21.